The van der Waals surface area contributed by atoms with Crippen LogP contribution in [0.4, 0.5) is 10.8 Å². The Morgan fingerprint density at radius 2 is 2.04 bits per heavy atom. The van der Waals surface area contributed by atoms with Crippen LogP contribution < -0.4 is 15.0 Å². The first-order chi connectivity index (χ1) is 13.6. The highest BCUT2D eigenvalue weighted by atomic mass is 32.1. The van der Waals surface area contributed by atoms with Crippen molar-refractivity contribution in [2.75, 3.05) is 29.9 Å². The summed E-state index contributed by atoms with van der Waals surface area (Å²) in [5.41, 5.74) is 3.00. The van der Waals surface area contributed by atoms with Gasteiger partial charge in [0.25, 0.3) is 0 Å². The highest BCUT2D eigenvalue weighted by Crippen LogP contribution is 2.33. The number of amides is 1. The molecular weight excluding hydrogens is 370 g/mol. The van der Waals surface area contributed by atoms with E-state index in [1.807, 2.05) is 50.2 Å². The molecule has 6 heteroatoms. The summed E-state index contributed by atoms with van der Waals surface area (Å²) in [6.45, 7) is 6.37. The zero-order valence-electron chi connectivity index (χ0n) is 16.3. The lowest BCUT2D eigenvalue weighted by Crippen LogP contribution is -2.38. The van der Waals surface area contributed by atoms with Crippen molar-refractivity contribution in [1.82, 2.24) is 4.98 Å². The van der Waals surface area contributed by atoms with Crippen molar-refractivity contribution in [2.45, 2.75) is 26.7 Å². The Morgan fingerprint density at radius 1 is 1.25 bits per heavy atom. The second kappa shape index (κ2) is 8.19. The van der Waals surface area contributed by atoms with Crippen molar-refractivity contribution in [1.29, 1.82) is 0 Å². The molecule has 1 aliphatic heterocycles. The number of aromatic nitrogens is 1. The number of nitrogens with one attached hydrogen (secondary N) is 1. The number of anilines is 2. The maximum absolute atomic E-state index is 12.6. The van der Waals surface area contributed by atoms with Crippen molar-refractivity contribution in [3.8, 4) is 5.75 Å². The number of hydrogen-bond acceptors (Lipinski definition) is 5. The first-order valence-electron chi connectivity index (χ1n) is 9.79. The summed E-state index contributed by atoms with van der Waals surface area (Å²) in [4.78, 5) is 19.7. The molecule has 1 fully saturated rings. The van der Waals surface area contributed by atoms with Crippen molar-refractivity contribution in [3.05, 3.63) is 48.0 Å². The number of piperidine rings is 1. The molecular formula is C22H25N3O2S. The van der Waals surface area contributed by atoms with Crippen molar-refractivity contribution in [2.24, 2.45) is 5.92 Å². The van der Waals surface area contributed by atoms with E-state index in [0.29, 0.717) is 6.61 Å². The standard InChI is InChI=1S/C22H25N3O2S/c1-3-27-17-8-9-19-20(14-17)28-22(24-19)25-12-10-16(11-13-25)21(26)23-18-7-5-4-6-15(18)2/h4-9,14,16H,3,10-13H2,1-2H3,(H,23,26). The van der Waals surface area contributed by atoms with E-state index in [-0.39, 0.29) is 11.8 Å². The average molecular weight is 396 g/mol. The van der Waals surface area contributed by atoms with Crippen LogP contribution in [0.25, 0.3) is 10.2 Å². The van der Waals surface area contributed by atoms with Crippen molar-refractivity contribution in [3.63, 3.8) is 0 Å². The van der Waals surface area contributed by atoms with E-state index >= 15 is 0 Å². The number of carbonyl (C=O) groups excluding carboxylic acids is 1. The van der Waals surface area contributed by atoms with Crippen LogP contribution in [-0.4, -0.2) is 30.6 Å². The third-order valence-electron chi connectivity index (χ3n) is 5.20. The molecule has 0 atom stereocenters. The highest BCUT2D eigenvalue weighted by molar-refractivity contribution is 7.22. The van der Waals surface area contributed by atoms with Crippen LogP contribution in [0.3, 0.4) is 0 Å². The average Bonchev–Trinajstić information content (AvgIpc) is 3.13. The second-order valence-corrected chi connectivity index (χ2v) is 8.13. The molecule has 0 bridgehead atoms. The normalized spacial score (nSPS) is 15.0. The van der Waals surface area contributed by atoms with Gasteiger partial charge in [0.05, 0.1) is 16.8 Å². The van der Waals surface area contributed by atoms with E-state index in [1.54, 1.807) is 11.3 Å². The SMILES string of the molecule is CCOc1ccc2nc(N3CCC(C(=O)Nc4ccccc4C)CC3)sc2c1. The van der Waals surface area contributed by atoms with Gasteiger partial charge in [-0.05, 0) is 56.5 Å². The monoisotopic (exact) mass is 395 g/mol. The quantitative estimate of drug-likeness (QED) is 0.670. The van der Waals surface area contributed by atoms with E-state index in [9.17, 15) is 4.79 Å². The molecule has 0 unspecified atom stereocenters. The Hall–Kier alpha value is -2.60. The maximum Gasteiger partial charge on any atom is 0.227 e. The highest BCUT2D eigenvalue weighted by Gasteiger charge is 2.26. The van der Waals surface area contributed by atoms with Crippen molar-refractivity contribution >= 4 is 38.3 Å². The lowest BCUT2D eigenvalue weighted by Gasteiger charge is -2.31. The molecule has 1 aliphatic rings. The minimum atomic E-state index is 0.0507. The van der Waals surface area contributed by atoms with E-state index < -0.39 is 0 Å². The Labute approximate surface area is 169 Å². The van der Waals surface area contributed by atoms with Gasteiger partial charge in [-0.3, -0.25) is 4.79 Å². The molecule has 28 heavy (non-hydrogen) atoms. The molecule has 3 aromatic rings. The summed E-state index contributed by atoms with van der Waals surface area (Å²) >= 11 is 1.69. The zero-order chi connectivity index (χ0) is 19.5. The van der Waals surface area contributed by atoms with Crippen LogP contribution in [0.1, 0.15) is 25.3 Å². The fraction of sp³-hybridized carbons (Fsp3) is 0.364. The molecule has 5 nitrogen and oxygen atoms in total. The minimum absolute atomic E-state index is 0.0507. The lowest BCUT2D eigenvalue weighted by molar-refractivity contribution is -0.120. The number of aryl methyl sites for hydroxylation is 1. The number of fused-ring (bicyclic) bond motifs is 1. The number of rotatable bonds is 5. The Kier molecular flexibility index (Phi) is 5.48. The van der Waals surface area contributed by atoms with Crippen LogP contribution in [0.15, 0.2) is 42.5 Å². The molecule has 1 N–H and O–H groups in total. The lowest BCUT2D eigenvalue weighted by atomic mass is 9.96. The zero-order valence-corrected chi connectivity index (χ0v) is 17.1. The van der Waals surface area contributed by atoms with Crippen LogP contribution in [0.5, 0.6) is 5.75 Å². The molecule has 0 saturated carbocycles. The van der Waals surface area contributed by atoms with Gasteiger partial charge in [0, 0.05) is 24.7 Å². The number of para-hydroxylation sites is 1. The van der Waals surface area contributed by atoms with Gasteiger partial charge in [-0.1, -0.05) is 29.5 Å². The Morgan fingerprint density at radius 3 is 2.79 bits per heavy atom. The van der Waals surface area contributed by atoms with Crippen molar-refractivity contribution < 1.29 is 9.53 Å². The number of thiazole rings is 1. The predicted molar refractivity (Wildman–Crippen MR) is 116 cm³/mol. The number of carbonyl (C=O) groups is 1. The third-order valence-corrected chi connectivity index (χ3v) is 6.28. The predicted octanol–water partition coefficient (Wildman–Crippen LogP) is 4.86. The fourth-order valence-electron chi connectivity index (χ4n) is 3.57. The molecule has 1 aromatic heterocycles. The molecule has 1 amide bonds. The van der Waals surface area contributed by atoms with Gasteiger partial charge in [-0.15, -0.1) is 0 Å². The minimum Gasteiger partial charge on any atom is -0.494 e. The molecule has 0 aliphatic carbocycles. The first kappa shape index (κ1) is 18.7. The largest absolute Gasteiger partial charge is 0.494 e. The molecule has 146 valence electrons. The summed E-state index contributed by atoms with van der Waals surface area (Å²) in [5, 5.41) is 4.12. The molecule has 2 aromatic carbocycles. The summed E-state index contributed by atoms with van der Waals surface area (Å²) in [7, 11) is 0. The second-order valence-electron chi connectivity index (χ2n) is 7.12. The Bertz CT molecular complexity index is 977. The van der Waals surface area contributed by atoms with E-state index in [2.05, 4.69) is 16.3 Å². The number of benzene rings is 2. The maximum atomic E-state index is 12.6. The summed E-state index contributed by atoms with van der Waals surface area (Å²) in [6, 6.07) is 14.0. The van der Waals surface area contributed by atoms with Gasteiger partial charge in [0.15, 0.2) is 5.13 Å². The van der Waals surface area contributed by atoms with Crippen LogP contribution in [0, 0.1) is 12.8 Å². The molecule has 0 radical (unpaired) electrons. The number of nitrogens with zero attached hydrogens (tertiary/aromatic N) is 2. The molecule has 4 rings (SSSR count). The van der Waals surface area contributed by atoms with Crippen LogP contribution in [0.2, 0.25) is 0 Å². The van der Waals surface area contributed by atoms with Gasteiger partial charge >= 0.3 is 0 Å². The Balaban J connectivity index is 1.39. The van der Waals surface area contributed by atoms with E-state index in [0.717, 1.165) is 58.3 Å². The van der Waals surface area contributed by atoms with Gasteiger partial charge in [0.2, 0.25) is 5.91 Å². The summed E-state index contributed by atoms with van der Waals surface area (Å²) in [5.74, 6) is 1.06. The molecule has 1 saturated heterocycles. The van der Waals surface area contributed by atoms with E-state index in [1.165, 1.54) is 0 Å². The smallest absolute Gasteiger partial charge is 0.227 e. The fourth-order valence-corrected chi connectivity index (χ4v) is 4.61. The molecule has 2 heterocycles. The van der Waals surface area contributed by atoms with Gasteiger partial charge < -0.3 is 15.0 Å². The first-order valence-corrected chi connectivity index (χ1v) is 10.6. The summed E-state index contributed by atoms with van der Waals surface area (Å²) in [6.07, 6.45) is 1.69. The van der Waals surface area contributed by atoms with Gasteiger partial charge in [0.1, 0.15) is 5.75 Å². The summed E-state index contributed by atoms with van der Waals surface area (Å²) < 4.78 is 6.73. The van der Waals surface area contributed by atoms with Crippen LogP contribution in [-0.2, 0) is 4.79 Å². The van der Waals surface area contributed by atoms with E-state index in [4.69, 9.17) is 9.72 Å². The number of ether oxygens (including phenoxy) is 1. The van der Waals surface area contributed by atoms with Crippen LogP contribution >= 0.6 is 11.3 Å². The third kappa shape index (κ3) is 3.97. The van der Waals surface area contributed by atoms with Gasteiger partial charge in [-0.2, -0.15) is 0 Å². The number of hydrogen-bond donors (Lipinski definition) is 1. The molecule has 0 spiro atoms. The topological polar surface area (TPSA) is 54.5 Å². The van der Waals surface area contributed by atoms with Gasteiger partial charge in [-0.25, -0.2) is 4.98 Å².